The molecular formula is C18H20N2O3. The van der Waals surface area contributed by atoms with Gasteiger partial charge in [0, 0.05) is 11.4 Å². The number of urea groups is 1. The summed E-state index contributed by atoms with van der Waals surface area (Å²) in [5.41, 5.74) is 4.84. The summed E-state index contributed by atoms with van der Waals surface area (Å²) in [6.07, 6.45) is 0. The van der Waals surface area contributed by atoms with Crippen molar-refractivity contribution in [2.45, 2.75) is 20.8 Å². The van der Waals surface area contributed by atoms with Gasteiger partial charge in [-0.3, -0.25) is 0 Å². The fraction of sp³-hybridized carbons (Fsp3) is 0.222. The molecule has 2 rings (SSSR count). The number of carbonyl (C=O) groups is 2. The maximum atomic E-state index is 12.2. The van der Waals surface area contributed by atoms with E-state index in [0.717, 1.165) is 22.4 Å². The van der Waals surface area contributed by atoms with Crippen LogP contribution in [0.4, 0.5) is 16.2 Å². The van der Waals surface area contributed by atoms with Crippen molar-refractivity contribution in [2.24, 2.45) is 0 Å². The van der Waals surface area contributed by atoms with Crippen LogP contribution in [0.3, 0.4) is 0 Å². The van der Waals surface area contributed by atoms with Gasteiger partial charge in [-0.15, -0.1) is 0 Å². The van der Waals surface area contributed by atoms with Gasteiger partial charge in [0.15, 0.2) is 0 Å². The molecule has 120 valence electrons. The first-order valence-corrected chi connectivity index (χ1v) is 7.25. The smallest absolute Gasteiger partial charge is 0.337 e. The van der Waals surface area contributed by atoms with Gasteiger partial charge >= 0.3 is 12.0 Å². The molecule has 0 aliphatic rings. The molecule has 5 heteroatoms. The van der Waals surface area contributed by atoms with Crippen LogP contribution >= 0.6 is 0 Å². The number of ether oxygens (including phenoxy) is 1. The minimum atomic E-state index is -0.445. The highest BCUT2D eigenvalue weighted by atomic mass is 16.5. The molecule has 2 amide bonds. The lowest BCUT2D eigenvalue weighted by Crippen LogP contribution is -2.21. The monoisotopic (exact) mass is 312 g/mol. The SMILES string of the molecule is COC(=O)c1cccc(NC(=O)Nc2c(C)cc(C)cc2C)c1. The lowest BCUT2D eigenvalue weighted by Gasteiger charge is -2.14. The van der Waals surface area contributed by atoms with Crippen LogP contribution in [0.2, 0.25) is 0 Å². The van der Waals surface area contributed by atoms with Gasteiger partial charge in [-0.2, -0.15) is 0 Å². The van der Waals surface area contributed by atoms with Crippen molar-refractivity contribution in [3.63, 3.8) is 0 Å². The highest BCUT2D eigenvalue weighted by Gasteiger charge is 2.10. The van der Waals surface area contributed by atoms with Crippen molar-refractivity contribution in [1.29, 1.82) is 0 Å². The summed E-state index contributed by atoms with van der Waals surface area (Å²) in [6, 6.07) is 10.3. The van der Waals surface area contributed by atoms with Crippen LogP contribution in [-0.2, 0) is 4.74 Å². The molecule has 0 bridgehead atoms. The molecule has 23 heavy (non-hydrogen) atoms. The van der Waals surface area contributed by atoms with Crippen molar-refractivity contribution in [2.75, 3.05) is 17.7 Å². The van der Waals surface area contributed by atoms with Gasteiger partial charge in [0.05, 0.1) is 12.7 Å². The highest BCUT2D eigenvalue weighted by Crippen LogP contribution is 2.22. The van der Waals surface area contributed by atoms with E-state index in [9.17, 15) is 9.59 Å². The second-order valence-corrected chi connectivity index (χ2v) is 5.43. The second-order valence-electron chi connectivity index (χ2n) is 5.43. The summed E-state index contributed by atoms with van der Waals surface area (Å²) in [5, 5.41) is 5.57. The van der Waals surface area contributed by atoms with E-state index in [1.807, 2.05) is 32.9 Å². The number of carbonyl (C=O) groups excluding carboxylic acids is 2. The standard InChI is InChI=1S/C18H20N2O3/c1-11-8-12(2)16(13(3)9-11)20-18(22)19-15-7-5-6-14(10-15)17(21)23-4/h5-10H,1-4H3,(H2,19,20,22). The van der Waals surface area contributed by atoms with Crippen LogP contribution in [0.25, 0.3) is 0 Å². The third-order valence-corrected chi connectivity index (χ3v) is 3.46. The molecule has 5 nitrogen and oxygen atoms in total. The molecule has 2 N–H and O–H groups in total. The topological polar surface area (TPSA) is 67.4 Å². The first-order valence-electron chi connectivity index (χ1n) is 7.25. The Labute approximate surface area is 135 Å². The largest absolute Gasteiger partial charge is 0.465 e. The molecule has 0 aliphatic heterocycles. The normalized spacial score (nSPS) is 10.1. The van der Waals surface area contributed by atoms with Crippen LogP contribution in [-0.4, -0.2) is 19.1 Å². The van der Waals surface area contributed by atoms with Gasteiger partial charge in [-0.25, -0.2) is 9.59 Å². The maximum absolute atomic E-state index is 12.2. The summed E-state index contributed by atoms with van der Waals surface area (Å²) in [7, 11) is 1.32. The van der Waals surface area contributed by atoms with E-state index < -0.39 is 5.97 Å². The molecule has 0 fully saturated rings. The van der Waals surface area contributed by atoms with Gasteiger partial charge < -0.3 is 15.4 Å². The summed E-state index contributed by atoms with van der Waals surface area (Å²) >= 11 is 0. The Morgan fingerprint density at radius 1 is 0.957 bits per heavy atom. The predicted molar refractivity (Wildman–Crippen MR) is 91.1 cm³/mol. The van der Waals surface area contributed by atoms with Gasteiger partial charge in [-0.1, -0.05) is 23.8 Å². The number of amides is 2. The second kappa shape index (κ2) is 6.96. The molecule has 2 aromatic rings. The number of aryl methyl sites for hydroxylation is 3. The lowest BCUT2D eigenvalue weighted by atomic mass is 10.1. The van der Waals surface area contributed by atoms with Crippen molar-refractivity contribution in [3.8, 4) is 0 Å². The van der Waals surface area contributed by atoms with E-state index in [2.05, 4.69) is 15.4 Å². The van der Waals surface area contributed by atoms with Crippen LogP contribution < -0.4 is 10.6 Å². The molecule has 0 aliphatic carbocycles. The summed E-state index contributed by atoms with van der Waals surface area (Å²) < 4.78 is 4.67. The van der Waals surface area contributed by atoms with Crippen molar-refractivity contribution >= 4 is 23.4 Å². The minimum Gasteiger partial charge on any atom is -0.465 e. The Balaban J connectivity index is 2.13. The van der Waals surface area contributed by atoms with E-state index in [1.54, 1.807) is 24.3 Å². The van der Waals surface area contributed by atoms with E-state index in [1.165, 1.54) is 7.11 Å². The zero-order valence-corrected chi connectivity index (χ0v) is 13.7. The third-order valence-electron chi connectivity index (χ3n) is 3.46. The molecule has 0 atom stereocenters. The zero-order chi connectivity index (χ0) is 17.0. The Hall–Kier alpha value is -2.82. The van der Waals surface area contributed by atoms with Crippen molar-refractivity contribution in [3.05, 3.63) is 58.7 Å². The lowest BCUT2D eigenvalue weighted by molar-refractivity contribution is 0.0600. The Bertz CT molecular complexity index is 731. The molecule has 0 saturated carbocycles. The average Bonchev–Trinajstić information content (AvgIpc) is 2.50. The summed E-state index contributed by atoms with van der Waals surface area (Å²) in [5.74, 6) is -0.445. The Morgan fingerprint density at radius 3 is 2.22 bits per heavy atom. The summed E-state index contributed by atoms with van der Waals surface area (Å²) in [6.45, 7) is 5.92. The molecule has 0 heterocycles. The van der Waals surface area contributed by atoms with E-state index in [4.69, 9.17) is 0 Å². The van der Waals surface area contributed by atoms with E-state index in [0.29, 0.717) is 11.3 Å². The number of hydrogen-bond acceptors (Lipinski definition) is 3. The number of rotatable bonds is 3. The van der Waals surface area contributed by atoms with Gasteiger partial charge in [0.25, 0.3) is 0 Å². The number of benzene rings is 2. The Morgan fingerprint density at radius 2 is 1.61 bits per heavy atom. The number of nitrogens with one attached hydrogen (secondary N) is 2. The highest BCUT2D eigenvalue weighted by molar-refractivity contribution is 6.01. The molecule has 0 aromatic heterocycles. The number of anilines is 2. The van der Waals surface area contributed by atoms with E-state index in [-0.39, 0.29) is 6.03 Å². The average molecular weight is 312 g/mol. The fourth-order valence-corrected chi connectivity index (χ4v) is 2.49. The first kappa shape index (κ1) is 16.5. The van der Waals surface area contributed by atoms with Gasteiger partial charge in [-0.05, 0) is 50.1 Å². The van der Waals surface area contributed by atoms with Gasteiger partial charge in [0.2, 0.25) is 0 Å². The molecule has 0 saturated heterocycles. The quantitative estimate of drug-likeness (QED) is 0.840. The molecule has 0 spiro atoms. The molecule has 2 aromatic carbocycles. The molecule has 0 unspecified atom stereocenters. The molecular weight excluding hydrogens is 292 g/mol. The first-order chi connectivity index (χ1) is 10.9. The van der Waals surface area contributed by atoms with Crippen molar-refractivity contribution < 1.29 is 14.3 Å². The summed E-state index contributed by atoms with van der Waals surface area (Å²) in [4.78, 5) is 23.7. The van der Waals surface area contributed by atoms with Crippen molar-refractivity contribution in [1.82, 2.24) is 0 Å². The van der Waals surface area contributed by atoms with E-state index >= 15 is 0 Å². The Kier molecular flexibility index (Phi) is 5.01. The third kappa shape index (κ3) is 4.10. The number of esters is 1. The minimum absolute atomic E-state index is 0.359. The molecule has 0 radical (unpaired) electrons. The number of methoxy groups -OCH3 is 1. The van der Waals surface area contributed by atoms with Crippen LogP contribution in [0.15, 0.2) is 36.4 Å². The maximum Gasteiger partial charge on any atom is 0.337 e. The fourth-order valence-electron chi connectivity index (χ4n) is 2.49. The zero-order valence-electron chi connectivity index (χ0n) is 13.7. The van der Waals surface area contributed by atoms with Crippen LogP contribution in [0.1, 0.15) is 27.0 Å². The predicted octanol–water partition coefficient (Wildman–Crippen LogP) is 4.04. The van der Waals surface area contributed by atoms with Crippen LogP contribution in [0.5, 0.6) is 0 Å². The van der Waals surface area contributed by atoms with Crippen LogP contribution in [0, 0.1) is 20.8 Å². The van der Waals surface area contributed by atoms with Gasteiger partial charge in [0.1, 0.15) is 0 Å². The number of hydrogen-bond donors (Lipinski definition) is 2.